The van der Waals surface area contributed by atoms with Gasteiger partial charge < -0.3 is 16.0 Å². The van der Waals surface area contributed by atoms with Crippen molar-refractivity contribution in [2.24, 2.45) is 5.73 Å². The molecular formula is C9H6Cl2N4O2. The summed E-state index contributed by atoms with van der Waals surface area (Å²) in [6.07, 6.45) is 0. The second-order valence-corrected chi connectivity index (χ2v) is 3.96. The Kier molecular flexibility index (Phi) is 2.91. The van der Waals surface area contributed by atoms with Crippen molar-refractivity contribution >= 4 is 34.8 Å². The molecule has 1 aromatic heterocycles. The van der Waals surface area contributed by atoms with E-state index < -0.39 is 5.91 Å². The number of aromatic nitrogens is 2. The van der Waals surface area contributed by atoms with Crippen molar-refractivity contribution < 1.29 is 9.32 Å². The number of primary amides is 1. The van der Waals surface area contributed by atoms with Crippen LogP contribution in [0.15, 0.2) is 16.7 Å². The van der Waals surface area contributed by atoms with Crippen LogP contribution in [0, 0.1) is 0 Å². The number of rotatable bonds is 2. The molecule has 0 saturated heterocycles. The summed E-state index contributed by atoms with van der Waals surface area (Å²) < 4.78 is 4.84. The molecule has 1 heterocycles. The number of benzene rings is 1. The molecule has 0 bridgehead atoms. The first-order valence-electron chi connectivity index (χ1n) is 4.37. The molecule has 17 heavy (non-hydrogen) atoms. The van der Waals surface area contributed by atoms with Crippen molar-refractivity contribution in [3.05, 3.63) is 28.0 Å². The molecule has 1 aromatic carbocycles. The number of halogens is 2. The molecule has 0 atom stereocenters. The van der Waals surface area contributed by atoms with E-state index in [0.717, 1.165) is 0 Å². The maximum Gasteiger partial charge on any atom is 0.290 e. The predicted molar refractivity (Wildman–Crippen MR) is 62.7 cm³/mol. The minimum Gasteiger partial charge on any atom is -0.396 e. The summed E-state index contributed by atoms with van der Waals surface area (Å²) in [5, 5.41) is 3.91. The third-order valence-corrected chi connectivity index (χ3v) is 2.60. The Morgan fingerprint density at radius 3 is 2.35 bits per heavy atom. The Morgan fingerprint density at radius 2 is 1.88 bits per heavy atom. The zero-order chi connectivity index (χ0) is 12.6. The normalized spacial score (nSPS) is 10.5. The Bertz CT molecular complexity index is 573. The van der Waals surface area contributed by atoms with Crippen LogP contribution in [-0.4, -0.2) is 16.0 Å². The number of nitrogen functional groups attached to an aromatic ring is 1. The van der Waals surface area contributed by atoms with Crippen molar-refractivity contribution in [1.29, 1.82) is 0 Å². The molecule has 2 rings (SSSR count). The van der Waals surface area contributed by atoms with Gasteiger partial charge in [0.2, 0.25) is 0 Å². The highest BCUT2D eigenvalue weighted by molar-refractivity contribution is 6.39. The lowest BCUT2D eigenvalue weighted by atomic mass is 10.2. The fraction of sp³-hybridized carbons (Fsp3) is 0. The van der Waals surface area contributed by atoms with E-state index in [1.165, 1.54) is 12.1 Å². The summed E-state index contributed by atoms with van der Waals surface area (Å²) in [6, 6.07) is 3.00. The molecule has 0 spiro atoms. The number of anilines is 1. The number of hydrogen-bond acceptors (Lipinski definition) is 5. The van der Waals surface area contributed by atoms with E-state index in [1.807, 2.05) is 0 Å². The minimum absolute atomic E-state index is 0.0857. The lowest BCUT2D eigenvalue weighted by Gasteiger charge is -2.02. The molecule has 0 aliphatic heterocycles. The smallest absolute Gasteiger partial charge is 0.290 e. The highest BCUT2D eigenvalue weighted by atomic mass is 35.5. The molecule has 0 aliphatic carbocycles. The van der Waals surface area contributed by atoms with Gasteiger partial charge in [-0.05, 0) is 12.1 Å². The first-order valence-corrected chi connectivity index (χ1v) is 5.13. The number of amides is 1. The van der Waals surface area contributed by atoms with E-state index >= 15 is 0 Å². The monoisotopic (exact) mass is 272 g/mol. The van der Waals surface area contributed by atoms with Crippen LogP contribution in [0.4, 0.5) is 5.69 Å². The van der Waals surface area contributed by atoms with Gasteiger partial charge in [0.25, 0.3) is 17.6 Å². The molecule has 0 unspecified atom stereocenters. The molecule has 6 nitrogen and oxygen atoms in total. The van der Waals surface area contributed by atoms with Gasteiger partial charge in [-0.15, -0.1) is 0 Å². The van der Waals surface area contributed by atoms with Crippen LogP contribution >= 0.6 is 23.2 Å². The zero-order valence-electron chi connectivity index (χ0n) is 8.28. The van der Waals surface area contributed by atoms with Crippen molar-refractivity contribution in [2.75, 3.05) is 5.73 Å². The summed E-state index contributed by atoms with van der Waals surface area (Å²) in [4.78, 5) is 14.6. The maximum atomic E-state index is 10.8. The number of hydrogen-bond donors (Lipinski definition) is 2. The number of carbonyl (C=O) groups is 1. The Morgan fingerprint density at radius 1 is 1.29 bits per heavy atom. The van der Waals surface area contributed by atoms with Crippen LogP contribution in [0.5, 0.6) is 0 Å². The van der Waals surface area contributed by atoms with Gasteiger partial charge in [0, 0.05) is 5.56 Å². The van der Waals surface area contributed by atoms with Crippen LogP contribution in [0.1, 0.15) is 10.6 Å². The third-order valence-electron chi connectivity index (χ3n) is 1.97. The van der Waals surface area contributed by atoms with Crippen LogP contribution in [0.3, 0.4) is 0 Å². The summed E-state index contributed by atoms with van der Waals surface area (Å²) in [5.41, 5.74) is 11.3. The van der Waals surface area contributed by atoms with Gasteiger partial charge in [-0.1, -0.05) is 28.4 Å². The molecule has 1 amide bonds. The van der Waals surface area contributed by atoms with Gasteiger partial charge in [0.05, 0.1) is 15.7 Å². The molecule has 88 valence electrons. The standard InChI is InChI=1S/C9H6Cl2N4O2/c10-4-1-3(2-5(11)6(4)12)9-14-8(7(13)16)15-17-9/h1-2H,12H2,(H2,13,16). The first kappa shape index (κ1) is 11.7. The molecule has 0 radical (unpaired) electrons. The van der Waals surface area contributed by atoms with Crippen molar-refractivity contribution in [2.45, 2.75) is 0 Å². The highest BCUT2D eigenvalue weighted by Crippen LogP contribution is 2.32. The van der Waals surface area contributed by atoms with Gasteiger partial charge in [0.15, 0.2) is 0 Å². The molecule has 0 aliphatic rings. The second kappa shape index (κ2) is 4.23. The van der Waals surface area contributed by atoms with Gasteiger partial charge in [-0.2, -0.15) is 4.98 Å². The van der Waals surface area contributed by atoms with Gasteiger partial charge in [-0.25, -0.2) is 0 Å². The molecule has 8 heteroatoms. The fourth-order valence-electron chi connectivity index (χ4n) is 1.15. The molecule has 2 aromatic rings. The SMILES string of the molecule is NC(=O)c1noc(-c2cc(Cl)c(N)c(Cl)c2)n1. The summed E-state index contributed by atoms with van der Waals surface area (Å²) >= 11 is 11.7. The molecule has 4 N–H and O–H groups in total. The number of carbonyl (C=O) groups excluding carboxylic acids is 1. The maximum absolute atomic E-state index is 10.8. The van der Waals surface area contributed by atoms with Crippen LogP contribution in [0.2, 0.25) is 10.0 Å². The Balaban J connectivity index is 2.49. The predicted octanol–water partition coefficient (Wildman–Crippen LogP) is 1.72. The van der Waals surface area contributed by atoms with Crippen molar-refractivity contribution in [3.8, 4) is 11.5 Å². The van der Waals surface area contributed by atoms with Crippen LogP contribution < -0.4 is 11.5 Å². The minimum atomic E-state index is -0.785. The van der Waals surface area contributed by atoms with Gasteiger partial charge >= 0.3 is 0 Å². The zero-order valence-corrected chi connectivity index (χ0v) is 9.79. The fourth-order valence-corrected chi connectivity index (χ4v) is 1.64. The second-order valence-electron chi connectivity index (χ2n) is 3.14. The highest BCUT2D eigenvalue weighted by Gasteiger charge is 2.15. The third kappa shape index (κ3) is 2.17. The van der Waals surface area contributed by atoms with Crippen LogP contribution in [-0.2, 0) is 0 Å². The number of nitrogens with two attached hydrogens (primary N) is 2. The topological polar surface area (TPSA) is 108 Å². The Labute approximate surface area is 105 Å². The largest absolute Gasteiger partial charge is 0.396 e. The van der Waals surface area contributed by atoms with Gasteiger partial charge in [0.1, 0.15) is 0 Å². The average Bonchev–Trinajstić information content (AvgIpc) is 2.74. The average molecular weight is 273 g/mol. The van der Waals surface area contributed by atoms with E-state index in [0.29, 0.717) is 5.56 Å². The summed E-state index contributed by atoms with van der Waals surface area (Å²) in [7, 11) is 0. The first-order chi connectivity index (χ1) is 7.99. The molecule has 0 fully saturated rings. The van der Waals surface area contributed by atoms with Crippen molar-refractivity contribution in [3.63, 3.8) is 0 Å². The van der Waals surface area contributed by atoms with E-state index in [-0.39, 0.29) is 27.4 Å². The summed E-state index contributed by atoms with van der Waals surface area (Å²) in [5.74, 6) is -0.917. The number of nitrogens with zero attached hydrogens (tertiary/aromatic N) is 2. The van der Waals surface area contributed by atoms with Crippen molar-refractivity contribution in [1.82, 2.24) is 10.1 Å². The summed E-state index contributed by atoms with van der Waals surface area (Å²) in [6.45, 7) is 0. The molecule has 0 saturated carbocycles. The van der Waals surface area contributed by atoms with E-state index in [1.54, 1.807) is 0 Å². The quantitative estimate of drug-likeness (QED) is 0.810. The van der Waals surface area contributed by atoms with E-state index in [2.05, 4.69) is 10.1 Å². The lowest BCUT2D eigenvalue weighted by molar-refractivity contribution is 0.0987. The Hall–Kier alpha value is -1.79. The van der Waals surface area contributed by atoms with E-state index in [4.69, 9.17) is 39.2 Å². The molecular weight excluding hydrogens is 267 g/mol. The van der Waals surface area contributed by atoms with E-state index in [9.17, 15) is 4.79 Å². The van der Waals surface area contributed by atoms with Crippen LogP contribution in [0.25, 0.3) is 11.5 Å². The lowest BCUT2D eigenvalue weighted by Crippen LogP contribution is -2.12. The van der Waals surface area contributed by atoms with Gasteiger partial charge in [-0.3, -0.25) is 4.79 Å².